The molecule has 1 N–H and O–H groups in total. The first-order valence-corrected chi connectivity index (χ1v) is 5.63. The fourth-order valence-electron chi connectivity index (χ4n) is 0.781. The van der Waals surface area contributed by atoms with Crippen LogP contribution in [0.15, 0.2) is 12.1 Å². The summed E-state index contributed by atoms with van der Waals surface area (Å²) in [7, 11) is 7.24. The molecule has 0 aliphatic carbocycles. The Morgan fingerprint density at radius 1 is 1.33 bits per heavy atom. The number of hydrogen-bond donors (Lipinski definition) is 1. The lowest BCUT2D eigenvalue weighted by Crippen LogP contribution is -2.49. The molecule has 0 aliphatic rings. The van der Waals surface area contributed by atoms with E-state index >= 15 is 0 Å². The topological polar surface area (TPSA) is 29.5 Å². The third kappa shape index (κ3) is 3.37. The van der Waals surface area contributed by atoms with Crippen LogP contribution in [0.2, 0.25) is 0 Å². The monoisotopic (exact) mass is 221 g/mol. The summed E-state index contributed by atoms with van der Waals surface area (Å²) in [6, 6.07) is 3.72. The Hall–Kier alpha value is -0.250. The van der Waals surface area contributed by atoms with Crippen molar-refractivity contribution in [3.63, 3.8) is 0 Å². The van der Waals surface area contributed by atoms with Crippen LogP contribution in [0.3, 0.4) is 0 Å². The molecule has 1 rings (SSSR count). The molecule has 2 nitrogen and oxygen atoms in total. The van der Waals surface area contributed by atoms with Crippen LogP contribution in [-0.2, 0) is 4.65 Å². The lowest BCUT2D eigenvalue weighted by Gasteiger charge is -2.37. The molecule has 5 heteroatoms. The summed E-state index contributed by atoms with van der Waals surface area (Å²) in [6.07, 6.45) is 0. The summed E-state index contributed by atoms with van der Waals surface area (Å²) in [5.41, 5.74) is -1.53. The first-order chi connectivity index (χ1) is 6.72. The third-order valence-corrected chi connectivity index (χ3v) is 3.43. The van der Waals surface area contributed by atoms with Gasteiger partial charge in [-0.15, -0.1) is 0 Å². The van der Waals surface area contributed by atoms with Gasteiger partial charge in [0.15, 0.2) is 0 Å². The van der Waals surface area contributed by atoms with Crippen molar-refractivity contribution >= 4 is 36.2 Å². The highest BCUT2D eigenvalue weighted by Crippen LogP contribution is 2.24. The first-order valence-electron chi connectivity index (χ1n) is 4.81. The van der Waals surface area contributed by atoms with Gasteiger partial charge in [-0.3, -0.25) is 0 Å². The van der Waals surface area contributed by atoms with E-state index in [1.165, 1.54) is 11.3 Å². The number of rotatable bonds is 4. The standard InChI is InChI=1S/C10H15B2O2S/c1-9(2,13)10(3,4)14-12-8-6-5-7(11)15-8/h5-6,13H,1-4H3. The molecule has 0 fully saturated rings. The van der Waals surface area contributed by atoms with E-state index < -0.39 is 11.2 Å². The molecule has 0 atom stereocenters. The molecule has 0 aromatic carbocycles. The Morgan fingerprint density at radius 3 is 2.33 bits per heavy atom. The van der Waals surface area contributed by atoms with Crippen molar-refractivity contribution in [1.29, 1.82) is 0 Å². The zero-order valence-corrected chi connectivity index (χ0v) is 10.4. The van der Waals surface area contributed by atoms with Gasteiger partial charge in [-0.25, -0.2) is 0 Å². The van der Waals surface area contributed by atoms with Crippen LogP contribution in [0.1, 0.15) is 27.7 Å². The van der Waals surface area contributed by atoms with E-state index in [0.717, 1.165) is 9.55 Å². The Kier molecular flexibility index (Phi) is 3.69. The molecule has 1 heterocycles. The summed E-state index contributed by atoms with van der Waals surface area (Å²) >= 11 is 1.45. The minimum absolute atomic E-state index is 0.633. The van der Waals surface area contributed by atoms with E-state index in [-0.39, 0.29) is 0 Å². The van der Waals surface area contributed by atoms with Gasteiger partial charge < -0.3 is 9.76 Å². The van der Waals surface area contributed by atoms with Gasteiger partial charge in [-0.2, -0.15) is 11.3 Å². The molecule has 1 aromatic rings. The fourth-order valence-corrected chi connectivity index (χ4v) is 1.42. The van der Waals surface area contributed by atoms with Crippen molar-refractivity contribution in [1.82, 2.24) is 0 Å². The quantitative estimate of drug-likeness (QED) is 0.743. The van der Waals surface area contributed by atoms with Crippen LogP contribution < -0.4 is 9.55 Å². The molecule has 15 heavy (non-hydrogen) atoms. The van der Waals surface area contributed by atoms with Crippen molar-refractivity contribution < 1.29 is 9.76 Å². The predicted molar refractivity (Wildman–Crippen MR) is 66.6 cm³/mol. The van der Waals surface area contributed by atoms with Gasteiger partial charge in [-0.1, -0.05) is 12.1 Å². The van der Waals surface area contributed by atoms with E-state index in [9.17, 15) is 5.11 Å². The molecule has 3 radical (unpaired) electrons. The van der Waals surface area contributed by atoms with Gasteiger partial charge in [0.2, 0.25) is 0 Å². The second-order valence-electron chi connectivity index (χ2n) is 4.55. The zero-order chi connectivity index (χ0) is 11.7. The van der Waals surface area contributed by atoms with Crippen LogP contribution in [0.5, 0.6) is 0 Å². The van der Waals surface area contributed by atoms with Gasteiger partial charge in [0, 0.05) is 0 Å². The Morgan fingerprint density at radius 2 is 1.93 bits per heavy atom. The van der Waals surface area contributed by atoms with Crippen LogP contribution in [0.25, 0.3) is 0 Å². The van der Waals surface area contributed by atoms with Crippen molar-refractivity contribution in [2.45, 2.75) is 38.9 Å². The molecular formula is C10H15B2O2S. The zero-order valence-electron chi connectivity index (χ0n) is 9.57. The average Bonchev–Trinajstić information content (AvgIpc) is 2.46. The molecule has 0 unspecified atom stereocenters. The van der Waals surface area contributed by atoms with Gasteiger partial charge in [-0.05, 0) is 37.2 Å². The second kappa shape index (κ2) is 4.32. The summed E-state index contributed by atoms with van der Waals surface area (Å²) in [5.74, 6) is 0. The largest absolute Gasteiger partial charge is 0.426 e. The SMILES string of the molecule is [B]c1ccc([B]OC(C)(C)C(C)(C)O)s1. The van der Waals surface area contributed by atoms with Gasteiger partial charge in [0.1, 0.15) is 7.85 Å². The molecule has 0 spiro atoms. The molecule has 79 valence electrons. The molecule has 0 amide bonds. The van der Waals surface area contributed by atoms with Gasteiger partial charge in [0.25, 0.3) is 0 Å². The first kappa shape index (κ1) is 12.8. The Bertz CT molecular complexity index is 328. The lowest BCUT2D eigenvalue weighted by molar-refractivity contribution is -0.0892. The van der Waals surface area contributed by atoms with Crippen LogP contribution >= 0.6 is 11.3 Å². The molecular weight excluding hydrogens is 206 g/mol. The van der Waals surface area contributed by atoms with Crippen molar-refractivity contribution in [2.24, 2.45) is 0 Å². The summed E-state index contributed by atoms with van der Waals surface area (Å²) in [5, 5.41) is 9.86. The summed E-state index contributed by atoms with van der Waals surface area (Å²) in [4.78, 5) is 0. The minimum Gasteiger partial charge on any atom is -0.426 e. The molecule has 0 saturated heterocycles. The fraction of sp³-hybridized carbons (Fsp3) is 0.600. The lowest BCUT2D eigenvalue weighted by atomic mass is 9.86. The van der Waals surface area contributed by atoms with E-state index in [2.05, 4.69) is 0 Å². The molecule has 0 saturated carbocycles. The Labute approximate surface area is 97.3 Å². The highest BCUT2D eigenvalue weighted by molar-refractivity contribution is 7.27. The predicted octanol–water partition coefficient (Wildman–Crippen LogP) is 0.352. The highest BCUT2D eigenvalue weighted by atomic mass is 32.1. The highest BCUT2D eigenvalue weighted by Gasteiger charge is 2.35. The maximum Gasteiger partial charge on any atom is 0.341 e. The van der Waals surface area contributed by atoms with E-state index in [1.807, 2.05) is 26.0 Å². The summed E-state index contributed by atoms with van der Waals surface area (Å²) in [6.45, 7) is 7.15. The van der Waals surface area contributed by atoms with Crippen molar-refractivity contribution in [3.05, 3.63) is 12.1 Å². The van der Waals surface area contributed by atoms with Gasteiger partial charge in [0.05, 0.1) is 11.2 Å². The molecule has 0 bridgehead atoms. The van der Waals surface area contributed by atoms with E-state index in [0.29, 0.717) is 0 Å². The maximum absolute atomic E-state index is 9.86. The number of thiophene rings is 1. The van der Waals surface area contributed by atoms with Crippen LogP contribution in [-0.4, -0.2) is 31.6 Å². The van der Waals surface area contributed by atoms with E-state index in [1.54, 1.807) is 21.3 Å². The molecule has 0 aliphatic heterocycles. The van der Waals surface area contributed by atoms with Crippen LogP contribution in [0, 0.1) is 0 Å². The van der Waals surface area contributed by atoms with Crippen molar-refractivity contribution in [3.8, 4) is 0 Å². The minimum atomic E-state index is -0.897. The Balaban J connectivity index is 2.57. The van der Waals surface area contributed by atoms with Gasteiger partial charge >= 0.3 is 7.48 Å². The number of aliphatic hydroxyl groups is 1. The van der Waals surface area contributed by atoms with Crippen LogP contribution in [0.4, 0.5) is 0 Å². The summed E-state index contributed by atoms with van der Waals surface area (Å²) < 4.78 is 7.28. The van der Waals surface area contributed by atoms with E-state index in [4.69, 9.17) is 12.5 Å². The third-order valence-electron chi connectivity index (χ3n) is 2.59. The van der Waals surface area contributed by atoms with Crippen molar-refractivity contribution in [2.75, 3.05) is 0 Å². The second-order valence-corrected chi connectivity index (χ2v) is 5.69. The molecule has 1 aromatic heterocycles. The maximum atomic E-state index is 9.86. The number of hydrogen-bond acceptors (Lipinski definition) is 3. The average molecular weight is 221 g/mol. The normalized spacial score (nSPS) is 12.9. The smallest absolute Gasteiger partial charge is 0.341 e.